The van der Waals surface area contributed by atoms with Crippen molar-refractivity contribution >= 4 is 22.4 Å². The van der Waals surface area contributed by atoms with E-state index in [0.717, 1.165) is 6.07 Å². The van der Waals surface area contributed by atoms with Crippen LogP contribution in [-0.2, 0) is 10.0 Å². The molecule has 1 heterocycles. The van der Waals surface area contributed by atoms with Crippen LogP contribution < -0.4 is 10.5 Å². The minimum atomic E-state index is -3.69. The van der Waals surface area contributed by atoms with Crippen molar-refractivity contribution in [3.8, 4) is 5.75 Å². The molecule has 2 rings (SSSR count). The highest BCUT2D eigenvalue weighted by Gasteiger charge is 2.39. The summed E-state index contributed by atoms with van der Waals surface area (Å²) in [7, 11) is -2.35. The molecule has 1 aliphatic heterocycles. The van der Waals surface area contributed by atoms with Gasteiger partial charge in [-0.2, -0.15) is 4.31 Å². The quantitative estimate of drug-likeness (QED) is 0.905. The Morgan fingerprint density at radius 3 is 2.62 bits per heavy atom. The van der Waals surface area contributed by atoms with Crippen LogP contribution in [0.25, 0.3) is 0 Å². The van der Waals surface area contributed by atoms with Crippen molar-refractivity contribution in [2.75, 3.05) is 26.7 Å². The smallest absolute Gasteiger partial charge is 0.243 e. The van der Waals surface area contributed by atoms with E-state index in [0.29, 0.717) is 26.1 Å². The molecule has 5 nitrogen and oxygen atoms in total. The molecule has 1 saturated heterocycles. The number of methoxy groups -OCH3 is 1. The average Bonchev–Trinajstić information content (AvgIpc) is 2.83. The molecule has 1 atom stereocenters. The predicted molar refractivity (Wildman–Crippen MR) is 80.7 cm³/mol. The summed E-state index contributed by atoms with van der Waals surface area (Å²) in [5.74, 6) is -0.661. The lowest BCUT2D eigenvalue weighted by Crippen LogP contribution is -2.34. The van der Waals surface area contributed by atoms with Gasteiger partial charge in [0.1, 0.15) is 0 Å². The third-order valence-electron chi connectivity index (χ3n) is 3.78. The van der Waals surface area contributed by atoms with Crippen molar-refractivity contribution in [3.63, 3.8) is 0 Å². The van der Waals surface area contributed by atoms with Gasteiger partial charge in [0.25, 0.3) is 0 Å². The molecule has 0 aliphatic carbocycles. The van der Waals surface area contributed by atoms with Crippen LogP contribution >= 0.6 is 12.4 Å². The molecule has 21 heavy (non-hydrogen) atoms. The van der Waals surface area contributed by atoms with Crippen molar-refractivity contribution in [1.82, 2.24) is 4.31 Å². The van der Waals surface area contributed by atoms with E-state index in [4.69, 9.17) is 10.5 Å². The molecule has 1 aliphatic rings. The number of rotatable bonds is 4. The fourth-order valence-electron chi connectivity index (χ4n) is 2.31. The predicted octanol–water partition coefficient (Wildman–Crippen LogP) is 1.62. The van der Waals surface area contributed by atoms with Gasteiger partial charge in [-0.05, 0) is 36.6 Å². The number of nitrogens with two attached hydrogens (primary N) is 1. The summed E-state index contributed by atoms with van der Waals surface area (Å²) in [6, 6.07) is 3.67. The summed E-state index contributed by atoms with van der Waals surface area (Å²) in [4.78, 5) is -0.0583. The van der Waals surface area contributed by atoms with E-state index >= 15 is 0 Å². The van der Waals surface area contributed by atoms with Crippen LogP contribution in [0.2, 0.25) is 0 Å². The lowest BCUT2D eigenvalue weighted by Gasteiger charge is -2.22. The highest BCUT2D eigenvalue weighted by molar-refractivity contribution is 7.89. The molecule has 1 aromatic rings. The molecule has 0 radical (unpaired) electrons. The van der Waals surface area contributed by atoms with Crippen LogP contribution in [0.1, 0.15) is 13.3 Å². The summed E-state index contributed by atoms with van der Waals surface area (Å²) in [6.45, 7) is 3.15. The summed E-state index contributed by atoms with van der Waals surface area (Å²) in [6.07, 6.45) is 0.710. The van der Waals surface area contributed by atoms with Gasteiger partial charge in [0.2, 0.25) is 10.0 Å². The number of ether oxygens (including phenoxy) is 1. The first-order valence-electron chi connectivity index (χ1n) is 6.36. The molecule has 1 unspecified atom stereocenters. The molecule has 1 aromatic carbocycles. The van der Waals surface area contributed by atoms with Gasteiger partial charge < -0.3 is 10.5 Å². The molecule has 0 amide bonds. The van der Waals surface area contributed by atoms with Gasteiger partial charge in [-0.15, -0.1) is 12.4 Å². The molecular weight excluding hydrogens is 319 g/mol. The highest BCUT2D eigenvalue weighted by atomic mass is 35.5. The van der Waals surface area contributed by atoms with Crippen LogP contribution in [0.15, 0.2) is 23.1 Å². The van der Waals surface area contributed by atoms with E-state index in [2.05, 4.69) is 0 Å². The van der Waals surface area contributed by atoms with Crippen LogP contribution in [-0.4, -0.2) is 39.5 Å². The van der Waals surface area contributed by atoms with Crippen LogP contribution in [0.3, 0.4) is 0 Å². The maximum atomic E-state index is 13.7. The Kier molecular flexibility index (Phi) is 5.60. The van der Waals surface area contributed by atoms with Crippen LogP contribution in [0.5, 0.6) is 5.75 Å². The van der Waals surface area contributed by atoms with E-state index < -0.39 is 15.8 Å². The molecular formula is C13H20ClFN2O3S. The van der Waals surface area contributed by atoms with Crippen molar-refractivity contribution in [2.24, 2.45) is 11.1 Å². The maximum Gasteiger partial charge on any atom is 0.243 e. The Labute approximate surface area is 130 Å². The van der Waals surface area contributed by atoms with Gasteiger partial charge in [-0.1, -0.05) is 6.92 Å². The molecule has 1 fully saturated rings. The van der Waals surface area contributed by atoms with Gasteiger partial charge in [-0.3, -0.25) is 0 Å². The second-order valence-electron chi connectivity index (χ2n) is 5.40. The zero-order chi connectivity index (χ0) is 15.0. The number of hydrogen-bond acceptors (Lipinski definition) is 4. The third kappa shape index (κ3) is 3.48. The molecule has 8 heteroatoms. The second kappa shape index (κ2) is 6.48. The monoisotopic (exact) mass is 338 g/mol. The van der Waals surface area contributed by atoms with Gasteiger partial charge >= 0.3 is 0 Å². The fraction of sp³-hybridized carbons (Fsp3) is 0.538. The van der Waals surface area contributed by atoms with E-state index in [9.17, 15) is 12.8 Å². The van der Waals surface area contributed by atoms with E-state index in [1.807, 2.05) is 6.92 Å². The summed E-state index contributed by atoms with van der Waals surface area (Å²) in [5, 5.41) is 0. The van der Waals surface area contributed by atoms with Crippen LogP contribution in [0, 0.1) is 11.2 Å². The van der Waals surface area contributed by atoms with Gasteiger partial charge in [0.15, 0.2) is 11.6 Å². The first kappa shape index (κ1) is 18.2. The normalized spacial score (nSPS) is 22.9. The molecule has 0 saturated carbocycles. The zero-order valence-electron chi connectivity index (χ0n) is 12.0. The SMILES string of the molecule is COc1ccc(S(=O)(=O)N2CCC(C)(CN)C2)cc1F.Cl. The topological polar surface area (TPSA) is 72.6 Å². The minimum Gasteiger partial charge on any atom is -0.494 e. The van der Waals surface area contributed by atoms with Gasteiger partial charge in [-0.25, -0.2) is 12.8 Å². The first-order valence-corrected chi connectivity index (χ1v) is 7.80. The molecule has 0 aromatic heterocycles. The Balaban J connectivity index is 0.00000220. The standard InChI is InChI=1S/C13H19FN2O3S.ClH/c1-13(8-15)5-6-16(9-13)20(17,18)10-3-4-12(19-2)11(14)7-10;/h3-4,7H,5-6,8-9,15H2,1-2H3;1H. The number of halogens is 2. The van der Waals surface area contributed by atoms with Crippen molar-refractivity contribution in [1.29, 1.82) is 0 Å². The fourth-order valence-corrected chi connectivity index (χ4v) is 3.91. The number of hydrogen-bond donors (Lipinski definition) is 1. The Morgan fingerprint density at radius 2 is 2.14 bits per heavy atom. The minimum absolute atomic E-state index is 0. The van der Waals surface area contributed by atoms with E-state index in [1.165, 1.54) is 23.5 Å². The third-order valence-corrected chi connectivity index (χ3v) is 5.62. The lowest BCUT2D eigenvalue weighted by atomic mass is 9.90. The largest absolute Gasteiger partial charge is 0.494 e. The first-order chi connectivity index (χ1) is 9.32. The van der Waals surface area contributed by atoms with Crippen molar-refractivity contribution < 1.29 is 17.5 Å². The van der Waals surface area contributed by atoms with Gasteiger partial charge in [0, 0.05) is 13.1 Å². The lowest BCUT2D eigenvalue weighted by molar-refractivity contribution is 0.349. The molecule has 120 valence electrons. The number of nitrogens with zero attached hydrogens (tertiary/aromatic N) is 1. The molecule has 2 N–H and O–H groups in total. The molecule has 0 spiro atoms. The van der Waals surface area contributed by atoms with Gasteiger partial charge in [0.05, 0.1) is 12.0 Å². The van der Waals surface area contributed by atoms with Crippen molar-refractivity contribution in [2.45, 2.75) is 18.2 Å². The molecule has 0 bridgehead atoms. The Bertz CT molecular complexity index is 611. The van der Waals surface area contributed by atoms with E-state index in [-0.39, 0.29) is 28.5 Å². The Hall–Kier alpha value is -0.890. The summed E-state index contributed by atoms with van der Waals surface area (Å²) < 4.78 is 44.7. The highest BCUT2D eigenvalue weighted by Crippen LogP contribution is 2.33. The van der Waals surface area contributed by atoms with Crippen molar-refractivity contribution in [3.05, 3.63) is 24.0 Å². The average molecular weight is 339 g/mol. The van der Waals surface area contributed by atoms with Crippen LogP contribution in [0.4, 0.5) is 4.39 Å². The number of sulfonamides is 1. The maximum absolute atomic E-state index is 13.7. The number of benzene rings is 1. The zero-order valence-corrected chi connectivity index (χ0v) is 13.6. The van der Waals surface area contributed by atoms with E-state index in [1.54, 1.807) is 0 Å². The summed E-state index contributed by atoms with van der Waals surface area (Å²) in [5.41, 5.74) is 5.47. The second-order valence-corrected chi connectivity index (χ2v) is 7.34. The Morgan fingerprint density at radius 1 is 1.48 bits per heavy atom. The summed E-state index contributed by atoms with van der Waals surface area (Å²) >= 11 is 0.